The van der Waals surface area contributed by atoms with E-state index >= 15 is 0 Å². The number of benzene rings is 1. The molecular weight excluding hydrogens is 350 g/mol. The predicted molar refractivity (Wildman–Crippen MR) is 114 cm³/mol. The first-order valence-corrected chi connectivity index (χ1v) is 10.1. The number of amides is 1. The lowest BCUT2D eigenvalue weighted by atomic mass is 9.92. The molecular formula is C22H31N5O. The van der Waals surface area contributed by atoms with E-state index in [2.05, 4.69) is 71.0 Å². The van der Waals surface area contributed by atoms with Crippen LogP contribution in [0.4, 0.5) is 11.5 Å². The molecule has 3 rings (SSSR count). The minimum Gasteiger partial charge on any atom is -0.353 e. The third kappa shape index (κ3) is 4.87. The first kappa shape index (κ1) is 20.3. The number of hydrogen-bond acceptors (Lipinski definition) is 5. The van der Waals surface area contributed by atoms with E-state index in [4.69, 9.17) is 0 Å². The van der Waals surface area contributed by atoms with Gasteiger partial charge < -0.3 is 10.2 Å². The Labute approximate surface area is 168 Å². The van der Waals surface area contributed by atoms with E-state index in [1.165, 1.54) is 11.1 Å². The number of aromatic nitrogens is 2. The second kappa shape index (κ2) is 9.15. The van der Waals surface area contributed by atoms with Crippen LogP contribution in [0.3, 0.4) is 0 Å². The summed E-state index contributed by atoms with van der Waals surface area (Å²) in [5.74, 6) is 1.69. The number of nitrogens with zero attached hydrogens (tertiary/aromatic N) is 4. The van der Waals surface area contributed by atoms with Crippen LogP contribution in [0.2, 0.25) is 0 Å². The maximum atomic E-state index is 12.8. The average molecular weight is 382 g/mol. The Morgan fingerprint density at radius 2 is 1.68 bits per heavy atom. The van der Waals surface area contributed by atoms with Crippen molar-refractivity contribution in [2.24, 2.45) is 0 Å². The van der Waals surface area contributed by atoms with Crippen molar-refractivity contribution in [1.82, 2.24) is 14.9 Å². The van der Waals surface area contributed by atoms with Crippen LogP contribution in [-0.4, -0.2) is 53.5 Å². The fourth-order valence-electron chi connectivity index (χ4n) is 3.67. The quantitative estimate of drug-likeness (QED) is 0.830. The molecule has 1 N–H and O–H groups in total. The largest absolute Gasteiger partial charge is 0.353 e. The topological polar surface area (TPSA) is 61.4 Å². The highest BCUT2D eigenvalue weighted by Crippen LogP contribution is 2.32. The van der Waals surface area contributed by atoms with Gasteiger partial charge in [0.15, 0.2) is 0 Å². The average Bonchev–Trinajstić information content (AvgIpc) is 2.69. The maximum Gasteiger partial charge on any atom is 0.238 e. The molecule has 1 aliphatic heterocycles. The summed E-state index contributed by atoms with van der Waals surface area (Å²) >= 11 is 0. The van der Waals surface area contributed by atoms with Crippen molar-refractivity contribution in [3.63, 3.8) is 0 Å². The van der Waals surface area contributed by atoms with Gasteiger partial charge in [0.1, 0.15) is 5.82 Å². The summed E-state index contributed by atoms with van der Waals surface area (Å²) in [5, 5.41) is 3.22. The molecule has 1 aromatic heterocycles. The zero-order valence-corrected chi connectivity index (χ0v) is 17.4. The van der Waals surface area contributed by atoms with Crippen molar-refractivity contribution in [3.8, 4) is 0 Å². The number of nitrogens with one attached hydrogen (secondary N) is 1. The molecule has 1 fully saturated rings. The number of carbonyl (C=O) groups is 1. The Balaban J connectivity index is 1.61. The molecule has 1 saturated heterocycles. The third-order valence-corrected chi connectivity index (χ3v) is 5.25. The lowest BCUT2D eigenvalue weighted by molar-refractivity contribution is -0.117. The van der Waals surface area contributed by atoms with E-state index in [1.54, 1.807) is 18.6 Å². The van der Waals surface area contributed by atoms with Gasteiger partial charge in [0.2, 0.25) is 5.91 Å². The highest BCUT2D eigenvalue weighted by molar-refractivity contribution is 5.94. The van der Waals surface area contributed by atoms with Crippen LogP contribution in [0.5, 0.6) is 0 Å². The van der Waals surface area contributed by atoms with Crippen molar-refractivity contribution in [2.45, 2.75) is 39.5 Å². The molecule has 150 valence electrons. The molecule has 0 aliphatic carbocycles. The SMILES string of the molecule is CC(C)c1cccc(C(C)C)c1NC(=O)CN1CCN(c2cnccn2)CC1. The highest BCUT2D eigenvalue weighted by atomic mass is 16.2. The standard InChI is InChI=1S/C22H31N5O/c1-16(2)18-6-5-7-19(17(3)4)22(18)25-21(28)15-26-10-12-27(13-11-26)20-14-23-8-9-24-20/h5-9,14,16-17H,10-13,15H2,1-4H3,(H,25,28). The van der Waals surface area contributed by atoms with Crippen LogP contribution in [0, 0.1) is 0 Å². The zero-order valence-electron chi connectivity index (χ0n) is 17.4. The summed E-state index contributed by atoms with van der Waals surface area (Å²) in [7, 11) is 0. The summed E-state index contributed by atoms with van der Waals surface area (Å²) < 4.78 is 0. The lowest BCUT2D eigenvalue weighted by Gasteiger charge is -2.34. The molecule has 6 nitrogen and oxygen atoms in total. The van der Waals surface area contributed by atoms with Gasteiger partial charge in [0, 0.05) is 44.3 Å². The maximum absolute atomic E-state index is 12.8. The second-order valence-corrected chi connectivity index (χ2v) is 8.00. The molecule has 0 radical (unpaired) electrons. The van der Waals surface area contributed by atoms with E-state index in [1.807, 2.05) is 0 Å². The number of piperazine rings is 1. The first-order valence-electron chi connectivity index (χ1n) is 10.1. The lowest BCUT2D eigenvalue weighted by Crippen LogP contribution is -2.49. The molecule has 0 saturated carbocycles. The summed E-state index contributed by atoms with van der Waals surface area (Å²) in [6.07, 6.45) is 5.19. The molecule has 2 heterocycles. The summed E-state index contributed by atoms with van der Waals surface area (Å²) in [6, 6.07) is 6.32. The molecule has 0 spiro atoms. The van der Waals surface area contributed by atoms with Crippen LogP contribution in [-0.2, 0) is 4.79 Å². The molecule has 2 aromatic rings. The fraction of sp³-hybridized carbons (Fsp3) is 0.500. The van der Waals surface area contributed by atoms with E-state index < -0.39 is 0 Å². The van der Waals surface area contributed by atoms with E-state index in [0.717, 1.165) is 37.7 Å². The number of carbonyl (C=O) groups excluding carboxylic acids is 1. The Kier molecular flexibility index (Phi) is 6.62. The van der Waals surface area contributed by atoms with Gasteiger partial charge in [-0.3, -0.25) is 14.7 Å². The van der Waals surface area contributed by atoms with E-state index in [0.29, 0.717) is 18.4 Å². The Morgan fingerprint density at radius 3 is 2.21 bits per heavy atom. The minimum atomic E-state index is 0.0583. The molecule has 28 heavy (non-hydrogen) atoms. The van der Waals surface area contributed by atoms with E-state index in [-0.39, 0.29) is 5.91 Å². The summed E-state index contributed by atoms with van der Waals surface area (Å²) in [6.45, 7) is 12.5. The Morgan fingerprint density at radius 1 is 1.04 bits per heavy atom. The normalized spacial score (nSPS) is 15.3. The number of anilines is 2. The molecule has 1 amide bonds. The van der Waals surface area contributed by atoms with Gasteiger partial charge in [0.25, 0.3) is 0 Å². The second-order valence-electron chi connectivity index (χ2n) is 8.00. The predicted octanol–water partition coefficient (Wildman–Crippen LogP) is 3.48. The van der Waals surface area contributed by atoms with Gasteiger partial charge in [-0.05, 0) is 23.0 Å². The Bertz CT molecular complexity index is 757. The van der Waals surface area contributed by atoms with Crippen molar-refractivity contribution >= 4 is 17.4 Å². The van der Waals surface area contributed by atoms with Gasteiger partial charge in [-0.1, -0.05) is 45.9 Å². The molecule has 0 bridgehead atoms. The molecule has 0 atom stereocenters. The van der Waals surface area contributed by atoms with E-state index in [9.17, 15) is 4.79 Å². The van der Waals surface area contributed by atoms with Gasteiger partial charge in [0.05, 0.1) is 12.7 Å². The van der Waals surface area contributed by atoms with Crippen molar-refractivity contribution in [3.05, 3.63) is 47.9 Å². The van der Waals surface area contributed by atoms with Gasteiger partial charge in [-0.25, -0.2) is 4.98 Å². The number of hydrogen-bond donors (Lipinski definition) is 1. The zero-order chi connectivity index (χ0) is 20.1. The van der Waals surface area contributed by atoms with Crippen LogP contribution in [0.1, 0.15) is 50.7 Å². The fourth-order valence-corrected chi connectivity index (χ4v) is 3.67. The summed E-state index contributed by atoms with van der Waals surface area (Å²) in [4.78, 5) is 25.7. The van der Waals surface area contributed by atoms with Gasteiger partial charge >= 0.3 is 0 Å². The number of para-hydroxylation sites is 1. The van der Waals surface area contributed by atoms with Crippen LogP contribution in [0.25, 0.3) is 0 Å². The molecule has 0 unspecified atom stereocenters. The highest BCUT2D eigenvalue weighted by Gasteiger charge is 2.21. The Hall–Kier alpha value is -2.47. The monoisotopic (exact) mass is 381 g/mol. The molecule has 1 aliphatic rings. The van der Waals surface area contributed by atoms with Crippen molar-refractivity contribution in [2.75, 3.05) is 42.9 Å². The summed E-state index contributed by atoms with van der Waals surface area (Å²) in [5.41, 5.74) is 3.40. The minimum absolute atomic E-state index is 0.0583. The smallest absolute Gasteiger partial charge is 0.238 e. The molecule has 6 heteroatoms. The first-order chi connectivity index (χ1) is 13.5. The third-order valence-electron chi connectivity index (χ3n) is 5.25. The van der Waals surface area contributed by atoms with Crippen LogP contribution < -0.4 is 10.2 Å². The van der Waals surface area contributed by atoms with Crippen molar-refractivity contribution in [1.29, 1.82) is 0 Å². The molecule has 1 aromatic carbocycles. The van der Waals surface area contributed by atoms with Gasteiger partial charge in [-0.15, -0.1) is 0 Å². The van der Waals surface area contributed by atoms with Crippen molar-refractivity contribution < 1.29 is 4.79 Å². The van der Waals surface area contributed by atoms with Crippen LogP contribution >= 0.6 is 0 Å². The number of rotatable bonds is 6. The van der Waals surface area contributed by atoms with Gasteiger partial charge in [-0.2, -0.15) is 0 Å². The van der Waals surface area contributed by atoms with Crippen LogP contribution in [0.15, 0.2) is 36.8 Å².